The van der Waals surface area contributed by atoms with Gasteiger partial charge in [-0.25, -0.2) is 0 Å². The summed E-state index contributed by atoms with van der Waals surface area (Å²) in [7, 11) is 0. The van der Waals surface area contributed by atoms with E-state index in [9.17, 15) is 27.6 Å². The Bertz CT molecular complexity index is 628. The molecule has 0 aliphatic carbocycles. The van der Waals surface area contributed by atoms with Gasteiger partial charge in [0.25, 0.3) is 0 Å². The van der Waals surface area contributed by atoms with Crippen LogP contribution in [0.25, 0.3) is 0 Å². The number of carbonyl (C=O) groups excluding carboxylic acids is 3. The zero-order chi connectivity index (χ0) is 18.5. The number of hydrogen-bond donors (Lipinski definition) is 1. The molecule has 2 unspecified atom stereocenters. The maximum atomic E-state index is 12.9. The Morgan fingerprint density at radius 3 is 2.29 bits per heavy atom. The number of ether oxygens (including phenoxy) is 1. The quantitative estimate of drug-likeness (QED) is 0.607. The summed E-state index contributed by atoms with van der Waals surface area (Å²) < 4.78 is 43.4. The average Bonchev–Trinajstić information content (AvgIpc) is 2.50. The zero-order valence-corrected chi connectivity index (χ0v) is 13.2. The molecule has 2 atom stereocenters. The van der Waals surface area contributed by atoms with Gasteiger partial charge in [-0.3, -0.25) is 14.4 Å². The first-order valence-corrected chi connectivity index (χ1v) is 7.29. The third kappa shape index (κ3) is 4.56. The van der Waals surface area contributed by atoms with Crippen molar-refractivity contribution in [3.63, 3.8) is 0 Å². The van der Waals surface area contributed by atoms with E-state index in [1.807, 2.05) is 0 Å². The van der Waals surface area contributed by atoms with Gasteiger partial charge >= 0.3 is 12.1 Å². The molecule has 0 radical (unpaired) electrons. The van der Waals surface area contributed by atoms with Crippen molar-refractivity contribution < 1.29 is 32.3 Å². The highest BCUT2D eigenvalue weighted by Crippen LogP contribution is 2.34. The van der Waals surface area contributed by atoms with Crippen LogP contribution in [-0.2, 0) is 25.3 Å². The molecular formula is C16H18F3NO4. The van der Waals surface area contributed by atoms with Gasteiger partial charge in [0.15, 0.2) is 0 Å². The molecule has 132 valence electrons. The minimum Gasteiger partial charge on any atom is -0.465 e. The molecule has 5 nitrogen and oxygen atoms in total. The highest BCUT2D eigenvalue weighted by atomic mass is 19.4. The maximum Gasteiger partial charge on any atom is 0.416 e. The maximum absolute atomic E-state index is 12.9. The Morgan fingerprint density at radius 2 is 1.83 bits per heavy atom. The number of rotatable bonds is 7. The molecule has 24 heavy (non-hydrogen) atoms. The summed E-state index contributed by atoms with van der Waals surface area (Å²) in [6, 6.07) is 3.85. The Kier molecular flexibility index (Phi) is 6.51. The number of nitrogens with two attached hydrogens (primary N) is 1. The summed E-state index contributed by atoms with van der Waals surface area (Å²) >= 11 is 0. The molecule has 0 bridgehead atoms. The second-order valence-corrected chi connectivity index (χ2v) is 5.05. The van der Waals surface area contributed by atoms with Crippen LogP contribution < -0.4 is 5.73 Å². The van der Waals surface area contributed by atoms with Gasteiger partial charge in [0.2, 0.25) is 5.91 Å². The summed E-state index contributed by atoms with van der Waals surface area (Å²) in [6.45, 7) is 2.94. The normalized spacial score (nSPS) is 13.9. The van der Waals surface area contributed by atoms with E-state index in [4.69, 9.17) is 10.5 Å². The predicted octanol–water partition coefficient (Wildman–Crippen LogP) is 2.43. The molecule has 0 spiro atoms. The van der Waals surface area contributed by atoms with E-state index in [1.54, 1.807) is 0 Å². The van der Waals surface area contributed by atoms with Gasteiger partial charge in [0.05, 0.1) is 18.1 Å². The minimum absolute atomic E-state index is 0.0413. The molecule has 1 amide bonds. The van der Waals surface area contributed by atoms with Crippen LogP contribution in [0, 0.1) is 5.92 Å². The molecule has 1 aromatic rings. The Balaban J connectivity index is 3.41. The van der Waals surface area contributed by atoms with Gasteiger partial charge in [-0.1, -0.05) is 25.1 Å². The van der Waals surface area contributed by atoms with Crippen LogP contribution >= 0.6 is 0 Å². The third-order valence-electron chi connectivity index (χ3n) is 3.45. The predicted molar refractivity (Wildman–Crippen MR) is 78.8 cm³/mol. The molecule has 1 aromatic carbocycles. The third-order valence-corrected chi connectivity index (χ3v) is 3.45. The van der Waals surface area contributed by atoms with Crippen LogP contribution in [-0.4, -0.2) is 24.3 Å². The molecule has 2 N–H and O–H groups in total. The molecule has 1 rings (SSSR count). The highest BCUT2D eigenvalue weighted by Gasteiger charge is 2.40. The van der Waals surface area contributed by atoms with Crippen molar-refractivity contribution in [2.45, 2.75) is 32.4 Å². The number of hydrogen-bond acceptors (Lipinski definition) is 4. The second-order valence-electron chi connectivity index (χ2n) is 5.05. The Hall–Kier alpha value is -2.38. The van der Waals surface area contributed by atoms with Gasteiger partial charge in [-0.2, -0.15) is 13.2 Å². The lowest BCUT2D eigenvalue weighted by Crippen LogP contribution is -2.38. The monoisotopic (exact) mass is 345 g/mol. The SMILES string of the molecule is CCOC(=O)C(C(=O)CC)C(C(N)=O)c1cccc(C(F)(F)F)c1. The summed E-state index contributed by atoms with van der Waals surface area (Å²) in [4.78, 5) is 36.0. The van der Waals surface area contributed by atoms with Gasteiger partial charge in [-0.15, -0.1) is 0 Å². The van der Waals surface area contributed by atoms with E-state index in [-0.39, 0.29) is 18.6 Å². The number of benzene rings is 1. The van der Waals surface area contributed by atoms with E-state index < -0.39 is 41.2 Å². The number of alkyl halides is 3. The molecule has 0 aliphatic rings. The van der Waals surface area contributed by atoms with Gasteiger partial charge < -0.3 is 10.5 Å². The fourth-order valence-electron chi connectivity index (χ4n) is 2.33. The van der Waals surface area contributed by atoms with Crippen LogP contribution in [0.4, 0.5) is 13.2 Å². The zero-order valence-electron chi connectivity index (χ0n) is 13.2. The lowest BCUT2D eigenvalue weighted by atomic mass is 9.81. The molecular weight excluding hydrogens is 327 g/mol. The number of halogens is 3. The van der Waals surface area contributed by atoms with Crippen LogP contribution in [0.5, 0.6) is 0 Å². The van der Waals surface area contributed by atoms with Crippen LogP contribution in [0.1, 0.15) is 37.3 Å². The van der Waals surface area contributed by atoms with Crippen molar-refractivity contribution in [2.24, 2.45) is 11.7 Å². The fourth-order valence-corrected chi connectivity index (χ4v) is 2.33. The largest absolute Gasteiger partial charge is 0.465 e. The average molecular weight is 345 g/mol. The Morgan fingerprint density at radius 1 is 1.21 bits per heavy atom. The van der Waals surface area contributed by atoms with E-state index in [0.717, 1.165) is 12.1 Å². The van der Waals surface area contributed by atoms with Crippen molar-refractivity contribution in [3.05, 3.63) is 35.4 Å². The lowest BCUT2D eigenvalue weighted by Gasteiger charge is -2.23. The van der Waals surface area contributed by atoms with Gasteiger partial charge in [0.1, 0.15) is 11.7 Å². The van der Waals surface area contributed by atoms with Crippen LogP contribution in [0.15, 0.2) is 24.3 Å². The molecule has 0 saturated heterocycles. The standard InChI is InChI=1S/C16H18F3NO4/c1-3-11(21)13(15(23)24-4-2)12(14(20)22)9-6-5-7-10(8-9)16(17,18)19/h5-8,12-13H,3-4H2,1-2H3,(H2,20,22). The molecule has 0 aliphatic heterocycles. The first-order valence-electron chi connectivity index (χ1n) is 7.29. The van der Waals surface area contributed by atoms with Crippen LogP contribution in [0.2, 0.25) is 0 Å². The van der Waals surface area contributed by atoms with Crippen molar-refractivity contribution >= 4 is 17.7 Å². The summed E-state index contributed by atoms with van der Waals surface area (Å²) in [6.07, 6.45) is -4.72. The smallest absolute Gasteiger partial charge is 0.416 e. The summed E-state index contributed by atoms with van der Waals surface area (Å²) in [5.41, 5.74) is 4.12. The van der Waals surface area contributed by atoms with Crippen molar-refractivity contribution in [1.29, 1.82) is 0 Å². The minimum atomic E-state index is -4.63. The van der Waals surface area contributed by atoms with Crippen molar-refractivity contribution in [3.8, 4) is 0 Å². The fraction of sp³-hybridized carbons (Fsp3) is 0.438. The van der Waals surface area contributed by atoms with E-state index >= 15 is 0 Å². The van der Waals surface area contributed by atoms with Crippen LogP contribution in [0.3, 0.4) is 0 Å². The first kappa shape index (κ1) is 19.7. The molecule has 0 saturated carbocycles. The second kappa shape index (κ2) is 7.94. The highest BCUT2D eigenvalue weighted by molar-refractivity contribution is 6.04. The van der Waals surface area contributed by atoms with E-state index in [2.05, 4.69) is 0 Å². The van der Waals surface area contributed by atoms with Crippen molar-refractivity contribution in [1.82, 2.24) is 0 Å². The van der Waals surface area contributed by atoms with Crippen molar-refractivity contribution in [2.75, 3.05) is 6.61 Å². The number of amides is 1. The van der Waals surface area contributed by atoms with E-state index in [1.165, 1.54) is 19.9 Å². The van der Waals surface area contributed by atoms with Gasteiger partial charge in [0, 0.05) is 6.42 Å². The summed E-state index contributed by atoms with van der Waals surface area (Å²) in [5.74, 6) is -5.79. The lowest BCUT2D eigenvalue weighted by molar-refractivity contribution is -0.154. The number of Topliss-reactive ketones (excluding diaryl/α,β-unsaturated/α-hetero) is 1. The first-order chi connectivity index (χ1) is 11.1. The van der Waals surface area contributed by atoms with Gasteiger partial charge in [-0.05, 0) is 18.6 Å². The summed E-state index contributed by atoms with van der Waals surface area (Å²) in [5, 5.41) is 0. The number of primary amides is 1. The number of esters is 1. The molecule has 8 heteroatoms. The molecule has 0 aromatic heterocycles. The Labute approximate surface area is 137 Å². The molecule has 0 heterocycles. The molecule has 0 fully saturated rings. The number of carbonyl (C=O) groups is 3. The topological polar surface area (TPSA) is 86.5 Å². The number of ketones is 1. The van der Waals surface area contributed by atoms with E-state index in [0.29, 0.717) is 6.07 Å².